The average molecular weight is 210 g/mol. The predicted molar refractivity (Wildman–Crippen MR) is 68.9 cm³/mol. The third-order valence-electron chi connectivity index (χ3n) is 4.57. The first-order chi connectivity index (χ1) is 7.06. The minimum Gasteiger partial charge on any atom is -0.0651 e. The highest BCUT2D eigenvalue weighted by molar-refractivity contribution is 4.84. The molecule has 0 heteroatoms. The van der Waals surface area contributed by atoms with E-state index >= 15 is 0 Å². The number of hydrogen-bond donors (Lipinski definition) is 0. The lowest BCUT2D eigenvalue weighted by molar-refractivity contribution is 0.189. The Hall–Kier alpha value is 0. The summed E-state index contributed by atoms with van der Waals surface area (Å²) in [4.78, 5) is 0. The summed E-state index contributed by atoms with van der Waals surface area (Å²) < 4.78 is 0. The van der Waals surface area contributed by atoms with Crippen LogP contribution in [0.25, 0.3) is 0 Å². The van der Waals surface area contributed by atoms with Crippen molar-refractivity contribution < 1.29 is 0 Å². The van der Waals surface area contributed by atoms with Gasteiger partial charge in [-0.1, -0.05) is 47.5 Å². The van der Waals surface area contributed by atoms with E-state index < -0.39 is 0 Å². The quantitative estimate of drug-likeness (QED) is 0.590. The van der Waals surface area contributed by atoms with Gasteiger partial charge in [-0.05, 0) is 48.9 Å². The third-order valence-corrected chi connectivity index (χ3v) is 4.57. The van der Waals surface area contributed by atoms with Crippen LogP contribution in [-0.4, -0.2) is 0 Å². The lowest BCUT2D eigenvalue weighted by Crippen LogP contribution is -2.23. The molecule has 4 atom stereocenters. The summed E-state index contributed by atoms with van der Waals surface area (Å²) in [5.74, 6) is 4.84. The van der Waals surface area contributed by atoms with E-state index in [1.165, 1.54) is 32.1 Å². The second-order valence-corrected chi connectivity index (χ2v) is 6.25. The van der Waals surface area contributed by atoms with E-state index in [1.807, 2.05) is 0 Å². The molecule has 0 radical (unpaired) electrons. The molecule has 0 saturated heterocycles. The highest BCUT2D eigenvalue weighted by Gasteiger charge is 2.34. The van der Waals surface area contributed by atoms with Crippen molar-refractivity contribution in [3.05, 3.63) is 0 Å². The molecule has 0 N–H and O–H groups in total. The van der Waals surface area contributed by atoms with Crippen LogP contribution in [0.2, 0.25) is 0 Å². The van der Waals surface area contributed by atoms with Crippen LogP contribution >= 0.6 is 0 Å². The third kappa shape index (κ3) is 3.50. The normalized spacial score (nSPS) is 30.8. The highest BCUT2D eigenvalue weighted by atomic mass is 14.4. The summed E-state index contributed by atoms with van der Waals surface area (Å²) in [5, 5.41) is 0. The fourth-order valence-corrected chi connectivity index (χ4v) is 3.65. The van der Waals surface area contributed by atoms with Gasteiger partial charge >= 0.3 is 0 Å². The molecule has 0 aromatic heterocycles. The zero-order valence-corrected chi connectivity index (χ0v) is 11.4. The number of rotatable bonds is 5. The largest absolute Gasteiger partial charge is 0.0651 e. The first-order valence-corrected chi connectivity index (χ1v) is 7.06. The lowest BCUT2D eigenvalue weighted by atomic mass is 9.75. The summed E-state index contributed by atoms with van der Waals surface area (Å²) in [6, 6.07) is 0. The van der Waals surface area contributed by atoms with Crippen molar-refractivity contribution in [1.82, 2.24) is 0 Å². The maximum Gasteiger partial charge on any atom is -0.0357 e. The molecule has 0 heterocycles. The molecule has 15 heavy (non-hydrogen) atoms. The molecule has 0 aromatic rings. The second-order valence-electron chi connectivity index (χ2n) is 6.25. The van der Waals surface area contributed by atoms with Crippen LogP contribution in [0.1, 0.15) is 66.7 Å². The van der Waals surface area contributed by atoms with Gasteiger partial charge in [-0.15, -0.1) is 0 Å². The van der Waals surface area contributed by atoms with Crippen LogP contribution in [0.4, 0.5) is 0 Å². The van der Waals surface area contributed by atoms with Crippen molar-refractivity contribution in [2.24, 2.45) is 29.6 Å². The van der Waals surface area contributed by atoms with Gasteiger partial charge in [-0.2, -0.15) is 0 Å². The Balaban J connectivity index is 2.51. The van der Waals surface area contributed by atoms with E-state index in [2.05, 4.69) is 34.6 Å². The molecular formula is C15H30. The summed E-state index contributed by atoms with van der Waals surface area (Å²) in [6.07, 6.45) is 7.29. The molecule has 0 aliphatic heterocycles. The summed E-state index contributed by atoms with van der Waals surface area (Å²) in [7, 11) is 0. The standard InChI is InChI=1S/C15H30/c1-6-12(4)14-8-7-9-15(14)13(5)10-11(2)3/h11-15H,6-10H2,1-5H3. The van der Waals surface area contributed by atoms with Gasteiger partial charge in [0.05, 0.1) is 0 Å². The highest BCUT2D eigenvalue weighted by Crippen LogP contribution is 2.43. The van der Waals surface area contributed by atoms with Gasteiger partial charge in [0.25, 0.3) is 0 Å². The maximum absolute atomic E-state index is 2.49. The van der Waals surface area contributed by atoms with Gasteiger partial charge in [-0.3, -0.25) is 0 Å². The maximum atomic E-state index is 2.49. The molecule has 1 fully saturated rings. The minimum atomic E-state index is 0.873. The van der Waals surface area contributed by atoms with Crippen molar-refractivity contribution in [2.45, 2.75) is 66.7 Å². The van der Waals surface area contributed by atoms with E-state index in [1.54, 1.807) is 0 Å². The first kappa shape index (κ1) is 13.1. The molecule has 90 valence electrons. The van der Waals surface area contributed by atoms with Gasteiger partial charge in [-0.25, -0.2) is 0 Å². The Morgan fingerprint density at radius 1 is 0.933 bits per heavy atom. The van der Waals surface area contributed by atoms with Gasteiger partial charge in [0.1, 0.15) is 0 Å². The molecule has 4 unspecified atom stereocenters. The Morgan fingerprint density at radius 2 is 1.47 bits per heavy atom. The molecule has 0 nitrogen and oxygen atoms in total. The van der Waals surface area contributed by atoms with Crippen molar-refractivity contribution in [3.63, 3.8) is 0 Å². The average Bonchev–Trinajstić information content (AvgIpc) is 2.63. The van der Waals surface area contributed by atoms with Gasteiger partial charge in [0.2, 0.25) is 0 Å². The molecule has 0 aromatic carbocycles. The second kappa shape index (κ2) is 5.92. The fourth-order valence-electron chi connectivity index (χ4n) is 3.65. The predicted octanol–water partition coefficient (Wildman–Crippen LogP) is 5.13. The van der Waals surface area contributed by atoms with Crippen molar-refractivity contribution in [3.8, 4) is 0 Å². The van der Waals surface area contributed by atoms with Crippen LogP contribution in [0.3, 0.4) is 0 Å². The lowest BCUT2D eigenvalue weighted by Gasteiger charge is -2.30. The smallest absolute Gasteiger partial charge is 0.0357 e. The van der Waals surface area contributed by atoms with Crippen LogP contribution in [0.5, 0.6) is 0 Å². The SMILES string of the molecule is CCC(C)C1CCCC1C(C)CC(C)C. The van der Waals surface area contributed by atoms with Gasteiger partial charge < -0.3 is 0 Å². The van der Waals surface area contributed by atoms with Crippen molar-refractivity contribution in [1.29, 1.82) is 0 Å². The van der Waals surface area contributed by atoms with Crippen LogP contribution in [0.15, 0.2) is 0 Å². The fraction of sp³-hybridized carbons (Fsp3) is 1.00. The first-order valence-electron chi connectivity index (χ1n) is 7.06. The molecule has 1 aliphatic rings. The van der Waals surface area contributed by atoms with Crippen LogP contribution in [0, 0.1) is 29.6 Å². The zero-order valence-electron chi connectivity index (χ0n) is 11.4. The van der Waals surface area contributed by atoms with Crippen LogP contribution < -0.4 is 0 Å². The Labute approximate surface area is 96.8 Å². The molecule has 0 spiro atoms. The molecule has 1 aliphatic carbocycles. The summed E-state index contributed by atoms with van der Waals surface area (Å²) in [5.41, 5.74) is 0. The van der Waals surface area contributed by atoms with Gasteiger partial charge in [0.15, 0.2) is 0 Å². The Bertz CT molecular complexity index is 171. The topological polar surface area (TPSA) is 0 Å². The molecule has 0 bridgehead atoms. The van der Waals surface area contributed by atoms with Crippen LogP contribution in [-0.2, 0) is 0 Å². The zero-order chi connectivity index (χ0) is 11.4. The Kier molecular flexibility index (Phi) is 5.15. The molecule has 0 amide bonds. The monoisotopic (exact) mass is 210 g/mol. The van der Waals surface area contributed by atoms with E-state index in [0.29, 0.717) is 0 Å². The van der Waals surface area contributed by atoms with Crippen molar-refractivity contribution >= 4 is 0 Å². The van der Waals surface area contributed by atoms with E-state index in [4.69, 9.17) is 0 Å². The van der Waals surface area contributed by atoms with E-state index in [9.17, 15) is 0 Å². The Morgan fingerprint density at radius 3 is 1.93 bits per heavy atom. The minimum absolute atomic E-state index is 0.873. The summed E-state index contributed by atoms with van der Waals surface area (Å²) in [6.45, 7) is 12.0. The van der Waals surface area contributed by atoms with E-state index in [-0.39, 0.29) is 0 Å². The van der Waals surface area contributed by atoms with Crippen molar-refractivity contribution in [2.75, 3.05) is 0 Å². The van der Waals surface area contributed by atoms with Gasteiger partial charge in [0, 0.05) is 0 Å². The molecule has 1 saturated carbocycles. The summed E-state index contributed by atoms with van der Waals surface area (Å²) >= 11 is 0. The molecule has 1 rings (SSSR count). The van der Waals surface area contributed by atoms with E-state index in [0.717, 1.165) is 29.6 Å². The number of hydrogen-bond acceptors (Lipinski definition) is 0. The molecular weight excluding hydrogens is 180 g/mol.